The van der Waals surface area contributed by atoms with E-state index in [1.54, 1.807) is 0 Å². The quantitative estimate of drug-likeness (QED) is 0.0404. The maximum Gasteiger partial charge on any atom is 0.495 e. The molecule has 14 aromatic carbocycles. The Bertz CT molecular complexity index is 6820. The Balaban J connectivity index is 0.000000142. The number of hydrogen-bond donors (Lipinski definition) is 2. The summed E-state index contributed by atoms with van der Waals surface area (Å²) in [6.07, 6.45) is 10.7. The number of benzene rings is 14. The van der Waals surface area contributed by atoms with Crippen molar-refractivity contribution in [2.45, 2.75) is 155 Å². The minimum atomic E-state index is -3.22. The third-order valence-corrected chi connectivity index (χ3v) is 28.1. The van der Waals surface area contributed by atoms with E-state index in [1.165, 1.54) is 138 Å². The van der Waals surface area contributed by atoms with Gasteiger partial charge in [-0.3, -0.25) is 10.9 Å². The van der Waals surface area contributed by atoms with Gasteiger partial charge in [0.15, 0.2) is 0 Å². The minimum absolute atomic E-state index is 0. The Morgan fingerprint density at radius 3 is 1.10 bits per heavy atom. The van der Waals surface area contributed by atoms with E-state index in [1.807, 2.05) is 128 Å². The molecule has 3 fully saturated rings. The smallest absolute Gasteiger partial charge is 0.495 e. The second-order valence-electron chi connectivity index (χ2n) is 36.7. The third-order valence-electron chi connectivity index (χ3n) is 26.7. The van der Waals surface area contributed by atoms with E-state index >= 15 is 0 Å². The van der Waals surface area contributed by atoms with E-state index < -0.39 is 19.2 Å². The van der Waals surface area contributed by atoms with E-state index in [0.717, 1.165) is 86.8 Å². The molecule has 3 saturated heterocycles. The van der Waals surface area contributed by atoms with Crippen LogP contribution in [-0.2, 0) is 179 Å². The summed E-state index contributed by atoms with van der Waals surface area (Å²) in [6, 6.07) is 106. The number of fused-ring (bicyclic) bond motifs is 19. The molecule has 0 amide bonds. The Morgan fingerprint density at radius 2 is 0.662 bits per heavy atom. The largest absolute Gasteiger partial charge is 0.541 e. The first kappa shape index (κ1) is 108. The Kier molecular flexibility index (Phi) is 36.7. The van der Waals surface area contributed by atoms with Gasteiger partial charge in [0.2, 0.25) is 0 Å². The molecule has 4 N–H and O–H groups in total. The van der Waals surface area contributed by atoms with Crippen LogP contribution in [0.2, 0.25) is 0 Å². The molecule has 0 spiro atoms. The molecule has 4 heterocycles. The molecular weight excluding hydrogens is 2150 g/mol. The number of halogens is 6. The Hall–Kier alpha value is -6.69. The molecule has 1 aromatic heterocycles. The van der Waals surface area contributed by atoms with E-state index in [-0.39, 0.29) is 139 Å². The van der Waals surface area contributed by atoms with Crippen molar-refractivity contribution < 1.29 is 140 Å². The number of carbonyl (C=O) groups excluding carboxylic acids is 2. The van der Waals surface area contributed by atoms with Crippen LogP contribution in [0.4, 0.5) is 11.4 Å². The monoisotopic (exact) mass is 2250 g/mol. The summed E-state index contributed by atoms with van der Waals surface area (Å²) >= 11 is 24.9. The number of nitrogens with zero attached hydrogens (tertiary/aromatic N) is 1. The molecule has 0 atom stereocenters. The van der Waals surface area contributed by atoms with Crippen molar-refractivity contribution in [2.24, 2.45) is 0 Å². The van der Waals surface area contributed by atoms with Crippen molar-refractivity contribution in [1.29, 1.82) is 0 Å². The molecule has 3 aliphatic heterocycles. The van der Waals surface area contributed by atoms with Gasteiger partial charge in [0, 0.05) is 124 Å². The zero-order chi connectivity index (χ0) is 94.5. The molecule has 3 radical (unpaired) electrons. The Morgan fingerprint density at radius 1 is 0.353 bits per heavy atom. The van der Waals surface area contributed by atoms with E-state index in [9.17, 15) is 9.36 Å². The first-order valence-electron chi connectivity index (χ1n) is 44.3. The van der Waals surface area contributed by atoms with Gasteiger partial charge in [0.1, 0.15) is 0 Å². The van der Waals surface area contributed by atoms with Crippen LogP contribution in [0.25, 0.3) is 99.6 Å². The number of aromatic nitrogens is 1. The number of para-hydroxylation sites is 3. The van der Waals surface area contributed by atoms with Crippen molar-refractivity contribution in [1.82, 2.24) is 4.98 Å². The number of rotatable bonds is 6. The molecule has 0 saturated carbocycles. The van der Waals surface area contributed by atoms with Crippen LogP contribution in [0.15, 0.2) is 312 Å². The van der Waals surface area contributed by atoms with Gasteiger partial charge < -0.3 is 65.6 Å². The molecule has 0 unspecified atom stereocenters. The first-order chi connectivity index (χ1) is 63.5. The summed E-state index contributed by atoms with van der Waals surface area (Å²) in [5, 5.41) is 0.395. The number of nitrogens with two attached hydrogens (primary N) is 2. The zero-order valence-corrected chi connectivity index (χ0v) is 93.7. The van der Waals surface area contributed by atoms with Gasteiger partial charge >= 0.3 is 26.3 Å². The van der Waals surface area contributed by atoms with Gasteiger partial charge in [-0.05, 0) is 329 Å². The SMILES string of the molecule is Brc1cccc2c1-c1ccccc1C2.CC1(C)OB(B2OC(C)(C)C(C)(C)O2)OC1(C)C.CC1(C)OB(c2cccc3c2-c2ccccc2C3)OC1(C)C.Nc1ccccc1-c1cccc2c1-c1ccccc1C2.Nc1ccccc1Br.O=P(Cl)(Cl)Cl.O=[C-]Cc1ccccc1-c1cccc2c1-c1ccccc1C2.O=[C-]Cl.[Y].[Y].[Y].[c-]1nc2ccccc2c2c3c(ccc12)Cc1ccccc1-3. The van der Waals surface area contributed by atoms with Crippen LogP contribution < -0.4 is 16.9 Å². The molecule has 25 heteroatoms. The van der Waals surface area contributed by atoms with Gasteiger partial charge in [0.05, 0.1) is 33.6 Å². The summed E-state index contributed by atoms with van der Waals surface area (Å²) < 4.78 is 48.1. The van der Waals surface area contributed by atoms with Gasteiger partial charge in [-0.15, -0.1) is 23.9 Å². The standard InChI is InChI=1S/C21H15O.C20H12N.C19H21BO2.C19H15N.C13H9Br.C12H24B2O4.C6H6BrN.CClO.Cl3OP.3Y/c22-13-12-15-6-1-3-9-18(15)20-11-5-8-17-14-16-7-2-4-10-19(16)21(17)20;1-2-6-16-13(5-1)11-14-9-10-15-12-21-18-8-4-3-7-17(18)20(15)19(14)16;1-18(2)19(3,4)22-20(21-18)16-11-7-9-14-12-13-8-5-6-10-15(13)17(14)16;20-18-11-4-3-9-16(18)17-10-5-7-14-12-13-6-1-2-8-15(13)19(14)17;14-12-7-3-5-10-8-9-4-1-2-6-11(9)13(10)12;1-9(2)10(3,4)16-13(15-9)14-17-11(5,6)12(7,8)18-14;7-5-3-1-2-4-6(5)8;2-1-3;1-5(2,3)4;;;/h1-11H,12,14H2;1-10H,11H2;5-11H,12H2,1-4H3;1-11H,12,20H2;1-7H,8H2;1-8H3;1-4H,8H2;;;;;/q2*-1;;;;;;-1;;;;. The van der Waals surface area contributed by atoms with Crippen LogP contribution in [0.3, 0.4) is 0 Å². The predicted molar refractivity (Wildman–Crippen MR) is 561 cm³/mol. The average Bonchev–Trinajstić information content (AvgIpc) is 1.56. The fourth-order valence-corrected chi connectivity index (χ4v) is 19.0. The average molecular weight is 2250 g/mol. The van der Waals surface area contributed by atoms with Crippen molar-refractivity contribution in [3.63, 3.8) is 0 Å². The fraction of sp³-hybridized carbons (Fsp3) is 0.216. The molecule has 136 heavy (non-hydrogen) atoms. The van der Waals surface area contributed by atoms with Crippen LogP contribution in [-0.4, -0.2) is 71.8 Å². The van der Waals surface area contributed by atoms with Crippen LogP contribution in [0.1, 0.15) is 144 Å². The second-order valence-corrected chi connectivity index (χ2v) is 45.2. The summed E-state index contributed by atoms with van der Waals surface area (Å²) in [7, 11) is -1.25. The molecule has 5 aliphatic carbocycles. The minimum Gasteiger partial charge on any atom is -0.541 e. The summed E-state index contributed by atoms with van der Waals surface area (Å²) in [5.74, 6) is 0.972. The maximum absolute atomic E-state index is 10.9. The second kappa shape index (κ2) is 46.1. The maximum atomic E-state index is 10.9. The van der Waals surface area contributed by atoms with Gasteiger partial charge in [-0.1, -0.05) is 305 Å². The predicted octanol–water partition coefficient (Wildman–Crippen LogP) is 28.8. The van der Waals surface area contributed by atoms with Crippen molar-refractivity contribution in [3.05, 3.63) is 380 Å². The summed E-state index contributed by atoms with van der Waals surface area (Å²) in [5.41, 5.74) is 46.6. The molecule has 15 aromatic rings. The van der Waals surface area contributed by atoms with E-state index in [4.69, 9.17) is 44.2 Å². The summed E-state index contributed by atoms with van der Waals surface area (Å²) in [6.45, 7) is 24.6. The number of pyridine rings is 1. The molecule has 23 rings (SSSR count). The normalized spacial score (nSPS) is 15.6. The van der Waals surface area contributed by atoms with Crippen LogP contribution in [0, 0.1) is 6.20 Å². The molecule has 8 aliphatic rings. The van der Waals surface area contributed by atoms with E-state index in [0.29, 0.717) is 6.42 Å². The molecule has 12 nitrogen and oxygen atoms in total. The molecular formula is C111H102B3Br2Cl4N3O9PY3-3. The topological polar surface area (TPSA) is 172 Å². The summed E-state index contributed by atoms with van der Waals surface area (Å²) in [4.78, 5) is 23.8. The van der Waals surface area contributed by atoms with Crippen molar-refractivity contribution in [2.75, 3.05) is 11.5 Å². The van der Waals surface area contributed by atoms with Crippen molar-refractivity contribution >= 4 is 154 Å². The van der Waals surface area contributed by atoms with Crippen molar-refractivity contribution in [3.8, 4) is 77.9 Å². The molecule has 0 bridgehead atoms. The van der Waals surface area contributed by atoms with Crippen LogP contribution in [0.5, 0.6) is 0 Å². The fourth-order valence-electron chi connectivity index (χ4n) is 18.1. The number of hydrogen-bond acceptors (Lipinski definition) is 12. The zero-order valence-electron chi connectivity index (χ0n) is 78.1. The number of nitrogen functional groups attached to an aromatic ring is 2. The molecule has 683 valence electrons. The Labute approximate surface area is 912 Å². The number of anilines is 2. The van der Waals surface area contributed by atoms with Gasteiger partial charge in [0.25, 0.3) is 0 Å². The van der Waals surface area contributed by atoms with Crippen LogP contribution >= 0.6 is 82.4 Å². The first-order valence-corrected chi connectivity index (χ1v) is 50.7. The van der Waals surface area contributed by atoms with Gasteiger partial charge in [-0.2, -0.15) is 5.75 Å². The third kappa shape index (κ3) is 24.1. The van der Waals surface area contributed by atoms with Gasteiger partial charge in [-0.25, -0.2) is 0 Å². The van der Waals surface area contributed by atoms with E-state index in [2.05, 4.69) is 353 Å².